The minimum atomic E-state index is -0.594. The molecule has 2 heterocycles. The lowest BCUT2D eigenvalue weighted by Gasteiger charge is -2.44. The van der Waals surface area contributed by atoms with E-state index in [-0.39, 0.29) is 22.2 Å². The average molecular weight is 624 g/mol. The number of ketones is 1. The van der Waals surface area contributed by atoms with Gasteiger partial charge in [0.2, 0.25) is 0 Å². The van der Waals surface area contributed by atoms with E-state index in [1.54, 1.807) is 41.1 Å². The highest BCUT2D eigenvalue weighted by atomic mass is 35.5. The third-order valence-corrected chi connectivity index (χ3v) is 9.72. The Balaban J connectivity index is 1.68. The van der Waals surface area contributed by atoms with E-state index in [0.29, 0.717) is 45.5 Å². The highest BCUT2D eigenvalue weighted by Crippen LogP contribution is 2.51. The van der Waals surface area contributed by atoms with Crippen LogP contribution in [0.1, 0.15) is 54.9 Å². The average Bonchev–Trinajstić information content (AvgIpc) is 2.90. The number of pyridine rings is 1. The Morgan fingerprint density at radius 3 is 2.61 bits per heavy atom. The lowest BCUT2D eigenvalue weighted by molar-refractivity contribution is -0.118. The Morgan fingerprint density at radius 1 is 1.15 bits per heavy atom. The Bertz CT molecular complexity index is 1690. The number of nitrogens with two attached hydrogens (primary N) is 1. The van der Waals surface area contributed by atoms with E-state index in [9.17, 15) is 10.1 Å². The van der Waals surface area contributed by atoms with Crippen LogP contribution in [0.4, 0.5) is 5.69 Å². The van der Waals surface area contributed by atoms with Crippen LogP contribution in [-0.2, 0) is 10.5 Å². The van der Waals surface area contributed by atoms with Gasteiger partial charge in [0.05, 0.1) is 28.3 Å². The third kappa shape index (κ3) is 5.61. The van der Waals surface area contributed by atoms with Crippen molar-refractivity contribution in [3.8, 4) is 6.07 Å². The van der Waals surface area contributed by atoms with E-state index in [1.807, 2.05) is 26.0 Å². The second-order valence-corrected chi connectivity index (χ2v) is 13.5. The first-order chi connectivity index (χ1) is 19.4. The van der Waals surface area contributed by atoms with Crippen molar-refractivity contribution in [3.05, 3.63) is 109 Å². The topological polar surface area (TPSA) is 83.0 Å². The van der Waals surface area contributed by atoms with Crippen LogP contribution >= 0.6 is 46.6 Å². The van der Waals surface area contributed by atoms with E-state index in [4.69, 9.17) is 40.5 Å². The fourth-order valence-electron chi connectivity index (χ4n) is 5.80. The molecular weight excluding hydrogens is 595 g/mol. The molecule has 2 aliphatic rings. The predicted octanol–water partition coefficient (Wildman–Crippen LogP) is 8.89. The zero-order chi connectivity index (χ0) is 29.6. The maximum Gasteiger partial charge on any atom is 0.162 e. The van der Waals surface area contributed by atoms with Crippen LogP contribution in [-0.4, -0.2) is 10.8 Å². The van der Waals surface area contributed by atoms with Gasteiger partial charge in [0, 0.05) is 39.6 Å². The highest BCUT2D eigenvalue weighted by molar-refractivity contribution is 7.98. The second kappa shape index (κ2) is 11.4. The van der Waals surface area contributed by atoms with Gasteiger partial charge in [-0.2, -0.15) is 5.26 Å². The fraction of sp³-hybridized carbons (Fsp3) is 0.281. The zero-order valence-corrected chi connectivity index (χ0v) is 26.3. The van der Waals surface area contributed by atoms with Gasteiger partial charge in [0.15, 0.2) is 10.9 Å². The smallest absolute Gasteiger partial charge is 0.162 e. The van der Waals surface area contributed by atoms with Gasteiger partial charge in [-0.3, -0.25) is 9.69 Å². The number of hydrogen-bond acceptors (Lipinski definition) is 6. The SMILES string of the molecule is Cc1cc(CSc2cc(Cl)ccc2Cl)c(C)c(C2C(C#N)=C(N)N(c3cccnc3Cl)C3=C2C(=O)CC(C)(C)C3)c1. The number of anilines is 1. The number of allylic oxidation sites excluding steroid dienone is 3. The van der Waals surface area contributed by atoms with Crippen molar-refractivity contribution >= 4 is 58.0 Å². The zero-order valence-electron chi connectivity index (χ0n) is 23.2. The number of hydrogen-bond donors (Lipinski definition) is 1. The van der Waals surface area contributed by atoms with Gasteiger partial charge < -0.3 is 5.73 Å². The summed E-state index contributed by atoms with van der Waals surface area (Å²) in [7, 11) is 0. The predicted molar refractivity (Wildman–Crippen MR) is 168 cm³/mol. The molecular formula is C32H29Cl3N4OS. The van der Waals surface area contributed by atoms with E-state index in [1.165, 1.54) is 0 Å². The van der Waals surface area contributed by atoms with E-state index < -0.39 is 5.92 Å². The van der Waals surface area contributed by atoms with E-state index in [0.717, 1.165) is 32.8 Å². The van der Waals surface area contributed by atoms with Crippen LogP contribution < -0.4 is 10.6 Å². The van der Waals surface area contributed by atoms with Crippen molar-refractivity contribution in [2.45, 2.75) is 57.1 Å². The van der Waals surface area contributed by atoms with Crippen LogP contribution in [0.5, 0.6) is 0 Å². The molecule has 3 aromatic rings. The minimum Gasteiger partial charge on any atom is -0.384 e. The first-order valence-corrected chi connectivity index (χ1v) is 15.3. The molecule has 0 fully saturated rings. The number of aromatic nitrogens is 1. The molecule has 1 aliphatic carbocycles. The van der Waals surface area contributed by atoms with Crippen LogP contribution in [0.25, 0.3) is 0 Å². The lowest BCUT2D eigenvalue weighted by atomic mass is 9.68. The number of benzene rings is 2. The lowest BCUT2D eigenvalue weighted by Crippen LogP contribution is -2.42. The summed E-state index contributed by atoms with van der Waals surface area (Å²) in [6.07, 6.45) is 2.56. The molecule has 5 nitrogen and oxygen atoms in total. The summed E-state index contributed by atoms with van der Waals surface area (Å²) in [6.45, 7) is 8.20. The second-order valence-electron chi connectivity index (χ2n) is 11.3. The summed E-state index contributed by atoms with van der Waals surface area (Å²) in [6, 6.07) is 15.5. The maximum atomic E-state index is 14.0. The quantitative estimate of drug-likeness (QED) is 0.226. The molecule has 2 aromatic carbocycles. The molecule has 0 saturated heterocycles. The Hall–Kier alpha value is -2.95. The van der Waals surface area contributed by atoms with Crippen molar-refractivity contribution in [3.63, 3.8) is 0 Å². The van der Waals surface area contributed by atoms with E-state index in [2.05, 4.69) is 37.0 Å². The van der Waals surface area contributed by atoms with Crippen LogP contribution in [0.2, 0.25) is 15.2 Å². The molecule has 0 bridgehead atoms. The molecule has 0 radical (unpaired) electrons. The van der Waals surface area contributed by atoms with E-state index >= 15 is 0 Å². The van der Waals surface area contributed by atoms with Gasteiger partial charge in [0.1, 0.15) is 5.82 Å². The molecule has 0 amide bonds. The number of nitriles is 1. The van der Waals surface area contributed by atoms with Crippen molar-refractivity contribution in [1.82, 2.24) is 4.98 Å². The molecule has 1 aliphatic heterocycles. The van der Waals surface area contributed by atoms with Gasteiger partial charge in [0.25, 0.3) is 0 Å². The van der Waals surface area contributed by atoms with Crippen molar-refractivity contribution in [1.29, 1.82) is 5.26 Å². The third-order valence-electron chi connectivity index (χ3n) is 7.65. The summed E-state index contributed by atoms with van der Waals surface area (Å²) >= 11 is 20.8. The molecule has 0 saturated carbocycles. The first-order valence-electron chi connectivity index (χ1n) is 13.2. The molecule has 41 heavy (non-hydrogen) atoms. The number of carbonyl (C=O) groups excluding carboxylic acids is 1. The highest BCUT2D eigenvalue weighted by Gasteiger charge is 2.45. The fourth-order valence-corrected chi connectivity index (χ4v) is 7.55. The molecule has 210 valence electrons. The molecule has 2 N–H and O–H groups in total. The van der Waals surface area contributed by atoms with Crippen molar-refractivity contribution in [2.24, 2.45) is 11.1 Å². The van der Waals surface area contributed by atoms with Crippen molar-refractivity contribution < 1.29 is 4.79 Å². The first kappa shape index (κ1) is 29.5. The monoisotopic (exact) mass is 622 g/mol. The number of nitrogens with zero attached hydrogens (tertiary/aromatic N) is 3. The van der Waals surface area contributed by atoms with Gasteiger partial charge in [-0.1, -0.05) is 66.3 Å². The Labute approximate surface area is 260 Å². The van der Waals surface area contributed by atoms with Crippen molar-refractivity contribution in [2.75, 3.05) is 4.90 Å². The summed E-state index contributed by atoms with van der Waals surface area (Å²) in [5.74, 6) is 0.315. The van der Waals surface area contributed by atoms with Gasteiger partial charge >= 0.3 is 0 Å². The van der Waals surface area contributed by atoms with Crippen LogP contribution in [0.3, 0.4) is 0 Å². The molecule has 1 atom stereocenters. The molecule has 1 aromatic heterocycles. The maximum absolute atomic E-state index is 14.0. The van der Waals surface area contributed by atoms with Crippen LogP contribution in [0.15, 0.2) is 76.2 Å². The number of aryl methyl sites for hydroxylation is 1. The van der Waals surface area contributed by atoms with Gasteiger partial charge in [-0.25, -0.2) is 4.98 Å². The van der Waals surface area contributed by atoms with Crippen LogP contribution in [0, 0.1) is 30.6 Å². The summed E-state index contributed by atoms with van der Waals surface area (Å²) in [5.41, 5.74) is 12.8. The molecule has 9 heteroatoms. The Kier molecular flexibility index (Phi) is 8.20. The molecule has 1 unspecified atom stereocenters. The minimum absolute atomic E-state index is 0.00838. The number of rotatable bonds is 5. The standard InChI is InChI=1S/C32H29Cl3N4OS/c1-17-10-19(16-41-27-12-20(33)7-8-23(27)34)18(2)21(11-17)28-22(15-36)31(37)39(24-6-5-9-38-30(24)35)25-13-32(3,4)14-26(40)29(25)28/h5-12,28H,13-14,16,37H2,1-4H3. The number of carbonyl (C=O) groups is 1. The number of halogens is 3. The summed E-state index contributed by atoms with van der Waals surface area (Å²) in [4.78, 5) is 20.9. The molecule has 5 rings (SSSR count). The number of thioether (sulfide) groups is 1. The van der Waals surface area contributed by atoms with Gasteiger partial charge in [-0.15, -0.1) is 11.8 Å². The largest absolute Gasteiger partial charge is 0.384 e. The summed E-state index contributed by atoms with van der Waals surface area (Å²) < 4.78 is 0. The molecule has 0 spiro atoms. The Morgan fingerprint density at radius 2 is 1.90 bits per heavy atom. The van der Waals surface area contributed by atoms with Gasteiger partial charge in [-0.05, 0) is 72.7 Å². The summed E-state index contributed by atoms with van der Waals surface area (Å²) in [5, 5.41) is 12.0. The normalized spacial score (nSPS) is 18.4. The number of Topliss-reactive ketones (excluding diaryl/α,β-unsaturated/α-hetero) is 1.